The number of thioether (sulfide) groups is 1. The minimum Gasteiger partial charge on any atom is -0.478 e. The Morgan fingerprint density at radius 2 is 1.52 bits per heavy atom. The van der Waals surface area contributed by atoms with Gasteiger partial charge in [0.15, 0.2) is 6.29 Å². The van der Waals surface area contributed by atoms with Crippen LogP contribution in [0.25, 0.3) is 11.1 Å². The van der Waals surface area contributed by atoms with Crippen molar-refractivity contribution in [2.45, 2.75) is 47.3 Å². The molecule has 0 radical (unpaired) electrons. The summed E-state index contributed by atoms with van der Waals surface area (Å²) in [5, 5.41) is 21.4. The third-order valence-electron chi connectivity index (χ3n) is 7.85. The van der Waals surface area contributed by atoms with Crippen LogP contribution in [0.4, 0.5) is 0 Å². The lowest BCUT2D eigenvalue weighted by atomic mass is 9.91. The number of aliphatic hydroxyl groups excluding tert-OH is 1. The smallest absolute Gasteiger partial charge is 0.335 e. The minimum atomic E-state index is -2.05. The van der Waals surface area contributed by atoms with E-state index in [1.165, 1.54) is 0 Å². The zero-order chi connectivity index (χ0) is 32.8. The van der Waals surface area contributed by atoms with E-state index < -0.39 is 22.0 Å². The average Bonchev–Trinajstić information content (AvgIpc) is 3.06. The molecule has 1 heterocycles. The molecule has 11 heteroatoms. The van der Waals surface area contributed by atoms with Gasteiger partial charge in [0.25, 0.3) is 9.70 Å². The number of benzene rings is 4. The maximum Gasteiger partial charge on any atom is 0.335 e. The van der Waals surface area contributed by atoms with Crippen LogP contribution >= 0.6 is 46.6 Å². The molecule has 0 aliphatic carbocycles. The molecule has 0 bridgehead atoms. The first-order valence-electron chi connectivity index (χ1n) is 14.5. The zero-order valence-corrected chi connectivity index (χ0v) is 27.8. The minimum absolute atomic E-state index is 0.00363. The summed E-state index contributed by atoms with van der Waals surface area (Å²) in [5.41, 5.74) is 5.60. The summed E-state index contributed by atoms with van der Waals surface area (Å²) >= 11 is 18.7. The number of aliphatic hydroxyl groups is 1. The first-order chi connectivity index (χ1) is 22.0. The molecule has 0 saturated carbocycles. The highest BCUT2D eigenvalue weighted by molar-refractivity contribution is 7.99. The molecule has 5 rings (SSSR count). The first kappa shape index (κ1) is 34.3. The van der Waals surface area contributed by atoms with Gasteiger partial charge < -0.3 is 25.0 Å². The molecule has 240 valence electrons. The Hall–Kier alpha value is -3.08. The quantitative estimate of drug-likeness (QED) is 0.113. The number of amides is 1. The second-order valence-corrected chi connectivity index (χ2v) is 14.3. The van der Waals surface area contributed by atoms with Crippen LogP contribution in [0.1, 0.15) is 51.9 Å². The Morgan fingerprint density at radius 3 is 2.15 bits per heavy atom. The van der Waals surface area contributed by atoms with E-state index >= 15 is 0 Å². The number of hydrogen-bond acceptors (Lipinski definition) is 6. The first-order valence-corrected chi connectivity index (χ1v) is 16.7. The molecule has 7 nitrogen and oxygen atoms in total. The lowest BCUT2D eigenvalue weighted by Crippen LogP contribution is -2.38. The predicted molar refractivity (Wildman–Crippen MR) is 181 cm³/mol. The second-order valence-electron chi connectivity index (χ2n) is 10.9. The Bertz CT molecular complexity index is 1650. The Balaban J connectivity index is 1.36. The van der Waals surface area contributed by atoms with Gasteiger partial charge in [-0.2, -0.15) is 0 Å². The monoisotopic (exact) mass is 699 g/mol. The van der Waals surface area contributed by atoms with Crippen LogP contribution < -0.4 is 5.32 Å². The van der Waals surface area contributed by atoms with Crippen molar-refractivity contribution in [2.75, 3.05) is 5.75 Å². The molecule has 4 aromatic carbocycles. The van der Waals surface area contributed by atoms with E-state index in [4.69, 9.17) is 44.3 Å². The molecule has 1 saturated heterocycles. The van der Waals surface area contributed by atoms with Crippen LogP contribution in [-0.4, -0.2) is 37.7 Å². The highest BCUT2D eigenvalue weighted by Crippen LogP contribution is 2.43. The number of rotatable bonds is 10. The van der Waals surface area contributed by atoms with Crippen LogP contribution in [-0.2, 0) is 27.4 Å². The number of carboxylic acid groups (broad SMARTS) is 1. The summed E-state index contributed by atoms with van der Waals surface area (Å²) in [7, 11) is 0. The van der Waals surface area contributed by atoms with E-state index in [1.54, 1.807) is 36.0 Å². The molecule has 1 aliphatic rings. The second kappa shape index (κ2) is 15.2. The van der Waals surface area contributed by atoms with Gasteiger partial charge in [-0.3, -0.25) is 4.79 Å². The largest absolute Gasteiger partial charge is 0.478 e. The molecular formula is C35H32Cl3NO6S. The number of nitrogens with one attached hydrogen (secondary N) is 1. The number of halogens is 3. The summed E-state index contributed by atoms with van der Waals surface area (Å²) < 4.78 is 11.1. The number of carboxylic acids is 1. The fraction of sp³-hybridized carbons (Fsp3) is 0.257. The summed E-state index contributed by atoms with van der Waals surface area (Å²) in [6.45, 7) is 2.25. The van der Waals surface area contributed by atoms with Gasteiger partial charge in [0.05, 0.1) is 24.4 Å². The van der Waals surface area contributed by atoms with Crippen LogP contribution in [0.5, 0.6) is 0 Å². The Kier molecular flexibility index (Phi) is 11.3. The molecule has 1 amide bonds. The summed E-state index contributed by atoms with van der Waals surface area (Å²) in [5.74, 6) is -1.04. The van der Waals surface area contributed by atoms with Gasteiger partial charge in [0.2, 0.25) is 0 Å². The van der Waals surface area contributed by atoms with Gasteiger partial charge in [0, 0.05) is 28.7 Å². The van der Waals surface area contributed by atoms with Crippen molar-refractivity contribution in [1.82, 2.24) is 5.32 Å². The third kappa shape index (κ3) is 8.44. The molecule has 1 fully saturated rings. The van der Waals surface area contributed by atoms with Gasteiger partial charge in [-0.1, -0.05) is 115 Å². The van der Waals surface area contributed by atoms with E-state index in [2.05, 4.69) is 12.2 Å². The average molecular weight is 701 g/mol. The standard InChI is InChI=1S/C35H32Cl3NO6S/c1-21-30(20-46-28-16-14-25(15-17-28)32(41)42)44-33(45-31(21)24-8-6-22(19-40)7-9-24)26-12-10-23(11-13-26)29-5-3-2-4-27(29)18-39-34(43)35(36,37)38/h2-17,21,30-31,33,40H,18-20H2,1H3,(H,39,43)(H,41,42). The Labute approximate surface area is 286 Å². The third-order valence-corrected chi connectivity index (χ3v) is 9.46. The molecule has 1 aliphatic heterocycles. The fourth-order valence-corrected chi connectivity index (χ4v) is 6.50. The van der Waals surface area contributed by atoms with Crippen molar-refractivity contribution >= 4 is 58.4 Å². The van der Waals surface area contributed by atoms with Crippen molar-refractivity contribution < 1.29 is 29.3 Å². The van der Waals surface area contributed by atoms with Crippen molar-refractivity contribution in [2.24, 2.45) is 5.92 Å². The SMILES string of the molecule is CC1C(CSc2ccc(C(=O)O)cc2)OC(c2ccc(-c3ccccc3CNC(=O)C(Cl)(Cl)Cl)cc2)OC1c1ccc(CO)cc1. The topological polar surface area (TPSA) is 105 Å². The van der Waals surface area contributed by atoms with Gasteiger partial charge in [-0.25, -0.2) is 4.79 Å². The van der Waals surface area contributed by atoms with Crippen molar-refractivity contribution in [3.63, 3.8) is 0 Å². The van der Waals surface area contributed by atoms with Crippen LogP contribution in [0.3, 0.4) is 0 Å². The number of carbonyl (C=O) groups excluding carboxylic acids is 1. The normalized spacial score (nSPS) is 19.8. The van der Waals surface area contributed by atoms with Crippen LogP contribution in [0.15, 0.2) is 102 Å². The predicted octanol–water partition coefficient (Wildman–Crippen LogP) is 8.11. The number of hydrogen-bond donors (Lipinski definition) is 3. The summed E-state index contributed by atoms with van der Waals surface area (Å²) in [6, 6.07) is 30.1. The number of carbonyl (C=O) groups is 2. The van der Waals surface area contributed by atoms with E-state index in [1.807, 2.05) is 72.8 Å². The molecular weight excluding hydrogens is 669 g/mol. The van der Waals surface area contributed by atoms with E-state index in [0.29, 0.717) is 5.75 Å². The Morgan fingerprint density at radius 1 is 0.870 bits per heavy atom. The summed E-state index contributed by atoms with van der Waals surface area (Å²) in [6.07, 6.45) is -1.10. The molecule has 3 N–H and O–H groups in total. The maximum absolute atomic E-state index is 12.1. The zero-order valence-electron chi connectivity index (χ0n) is 24.7. The van der Waals surface area contributed by atoms with E-state index in [9.17, 15) is 19.8 Å². The van der Waals surface area contributed by atoms with E-state index in [0.717, 1.165) is 38.3 Å². The van der Waals surface area contributed by atoms with Gasteiger partial charge in [0.1, 0.15) is 0 Å². The number of alkyl halides is 3. The highest BCUT2D eigenvalue weighted by Gasteiger charge is 2.38. The van der Waals surface area contributed by atoms with E-state index in [-0.39, 0.29) is 36.8 Å². The molecule has 0 spiro atoms. The molecule has 0 aromatic heterocycles. The number of ether oxygens (including phenoxy) is 2. The van der Waals surface area contributed by atoms with Crippen LogP contribution in [0, 0.1) is 5.92 Å². The van der Waals surface area contributed by atoms with Crippen LogP contribution in [0.2, 0.25) is 0 Å². The van der Waals surface area contributed by atoms with Gasteiger partial charge in [-0.05, 0) is 52.1 Å². The molecule has 46 heavy (non-hydrogen) atoms. The molecule has 4 unspecified atom stereocenters. The van der Waals surface area contributed by atoms with Gasteiger partial charge >= 0.3 is 5.97 Å². The maximum atomic E-state index is 12.1. The highest BCUT2D eigenvalue weighted by atomic mass is 35.6. The van der Waals surface area contributed by atoms with Crippen molar-refractivity contribution in [3.8, 4) is 11.1 Å². The lowest BCUT2D eigenvalue weighted by Gasteiger charge is -2.41. The van der Waals surface area contributed by atoms with Crippen molar-refractivity contribution in [3.05, 3.63) is 125 Å². The lowest BCUT2D eigenvalue weighted by molar-refractivity contribution is -0.268. The number of aromatic carboxylic acids is 1. The fourth-order valence-electron chi connectivity index (χ4n) is 5.23. The van der Waals surface area contributed by atoms with Crippen molar-refractivity contribution in [1.29, 1.82) is 0 Å². The van der Waals surface area contributed by atoms with Gasteiger partial charge in [-0.15, -0.1) is 11.8 Å². The summed E-state index contributed by atoms with van der Waals surface area (Å²) in [4.78, 5) is 24.3. The molecule has 4 atom stereocenters. The molecule has 4 aromatic rings.